The number of ether oxygens (including phenoxy) is 5. The molecule has 3 rings (SSSR count). The quantitative estimate of drug-likeness (QED) is 0.101. The van der Waals surface area contributed by atoms with Crippen molar-refractivity contribution < 1.29 is 33.2 Å². The summed E-state index contributed by atoms with van der Waals surface area (Å²) in [5.74, 6) is 0.630. The molecular weight excluding hydrogens is 633 g/mol. The lowest BCUT2D eigenvalue weighted by molar-refractivity contribution is -0.157. The molecule has 1 aromatic rings. The van der Waals surface area contributed by atoms with Crippen molar-refractivity contribution in [3.05, 3.63) is 66.3 Å². The molecule has 0 spiro atoms. The van der Waals surface area contributed by atoms with E-state index in [0.717, 1.165) is 37.0 Å². The van der Waals surface area contributed by atoms with Gasteiger partial charge in [-0.1, -0.05) is 97.1 Å². The predicted octanol–water partition coefficient (Wildman–Crippen LogP) is 9.70. The third kappa shape index (κ3) is 12.7. The van der Waals surface area contributed by atoms with Gasteiger partial charge in [-0.3, -0.25) is 0 Å². The van der Waals surface area contributed by atoms with Crippen molar-refractivity contribution in [2.45, 2.75) is 160 Å². The Morgan fingerprint density at radius 1 is 1.04 bits per heavy atom. The highest BCUT2D eigenvalue weighted by Crippen LogP contribution is 2.44. The predicted molar refractivity (Wildman–Crippen MR) is 202 cm³/mol. The summed E-state index contributed by atoms with van der Waals surface area (Å²) in [4.78, 5) is 0. The van der Waals surface area contributed by atoms with Gasteiger partial charge in [0, 0.05) is 13.0 Å². The zero-order valence-electron chi connectivity index (χ0n) is 32.3. The zero-order chi connectivity index (χ0) is 36.2. The van der Waals surface area contributed by atoms with E-state index >= 15 is 0 Å². The van der Waals surface area contributed by atoms with Crippen LogP contribution < -0.4 is 4.74 Å². The lowest BCUT2D eigenvalue weighted by atomic mass is 9.91. The van der Waals surface area contributed by atoms with Gasteiger partial charge in [0.1, 0.15) is 11.9 Å². The van der Waals surface area contributed by atoms with E-state index < -0.39 is 14.1 Å². The molecule has 0 aromatic heterocycles. The van der Waals surface area contributed by atoms with Gasteiger partial charge in [-0.05, 0) is 86.2 Å². The molecule has 278 valence electrons. The molecule has 1 saturated heterocycles. The second-order valence-corrected chi connectivity index (χ2v) is 21.1. The van der Waals surface area contributed by atoms with Gasteiger partial charge in [-0.2, -0.15) is 0 Å². The standard InChI is InChI=1S/C41H68O7Si/c1-29(2)49(30(3)4,31(5)6)48-38(26-33(8)24-32(7)25-37-15-12-14-36(46-37)22-23-42)16-13-17-39(40-28-45-41(9,10)47-40)44-27-34-18-20-35(43-11)21-19-34/h12-14,16,18-21,29-32,36-40,42H,8,15,17,22-28H2,1-7,9-11H3/b16-13+. The van der Waals surface area contributed by atoms with Crippen LogP contribution in [0.15, 0.2) is 60.7 Å². The molecule has 49 heavy (non-hydrogen) atoms. The molecule has 0 aliphatic carbocycles. The lowest BCUT2D eigenvalue weighted by Gasteiger charge is -2.44. The second kappa shape index (κ2) is 19.7. The third-order valence-corrected chi connectivity index (χ3v) is 16.3. The first kappa shape index (κ1) is 41.6. The molecule has 2 aliphatic heterocycles. The van der Waals surface area contributed by atoms with Crippen molar-refractivity contribution in [2.24, 2.45) is 5.92 Å². The molecule has 2 aliphatic rings. The van der Waals surface area contributed by atoms with Crippen LogP contribution in [0.5, 0.6) is 5.75 Å². The number of aliphatic hydroxyl groups excluding tert-OH is 1. The summed E-state index contributed by atoms with van der Waals surface area (Å²) in [6.45, 7) is 26.0. The number of hydrogen-bond acceptors (Lipinski definition) is 7. The van der Waals surface area contributed by atoms with Crippen molar-refractivity contribution in [3.63, 3.8) is 0 Å². The lowest BCUT2D eigenvalue weighted by Crippen LogP contribution is -2.50. The highest BCUT2D eigenvalue weighted by Gasteiger charge is 2.46. The van der Waals surface area contributed by atoms with Crippen LogP contribution in [0, 0.1) is 5.92 Å². The van der Waals surface area contributed by atoms with Crippen LogP contribution in [0.4, 0.5) is 0 Å². The molecule has 0 bridgehead atoms. The fraction of sp³-hybridized carbons (Fsp3) is 0.707. The monoisotopic (exact) mass is 700 g/mol. The molecule has 0 amide bonds. The van der Waals surface area contributed by atoms with Gasteiger partial charge in [0.15, 0.2) is 5.79 Å². The van der Waals surface area contributed by atoms with Crippen LogP contribution in [0.3, 0.4) is 0 Å². The molecule has 6 unspecified atom stereocenters. The highest BCUT2D eigenvalue weighted by molar-refractivity contribution is 6.77. The van der Waals surface area contributed by atoms with Crippen molar-refractivity contribution in [3.8, 4) is 5.75 Å². The second-order valence-electron chi connectivity index (χ2n) is 15.7. The number of rotatable bonds is 21. The minimum Gasteiger partial charge on any atom is -0.497 e. The Bertz CT molecular complexity index is 1150. The Labute approximate surface area is 299 Å². The van der Waals surface area contributed by atoms with E-state index in [1.165, 1.54) is 5.57 Å². The van der Waals surface area contributed by atoms with E-state index in [9.17, 15) is 5.11 Å². The van der Waals surface area contributed by atoms with Crippen LogP contribution in [0.2, 0.25) is 16.6 Å². The Hall–Kier alpha value is -1.78. The molecule has 6 atom stereocenters. The van der Waals surface area contributed by atoms with Crippen molar-refractivity contribution in [2.75, 3.05) is 20.3 Å². The van der Waals surface area contributed by atoms with E-state index in [2.05, 4.69) is 79.3 Å². The summed E-state index contributed by atoms with van der Waals surface area (Å²) in [6, 6.07) is 8.00. The SMILES string of the molecule is C=C(CC(C)CC1CC=CC(CCO)O1)CC(/C=C/CC(OCc1ccc(OC)cc1)C1COC(C)(C)O1)O[Si](C(C)C)(C(C)C)C(C)C. The smallest absolute Gasteiger partial charge is 0.201 e. The normalized spacial score (nSPS) is 23.1. The van der Waals surface area contributed by atoms with E-state index in [1.54, 1.807) is 7.11 Å². The summed E-state index contributed by atoms with van der Waals surface area (Å²) in [5, 5.41) is 9.37. The Morgan fingerprint density at radius 2 is 1.71 bits per heavy atom. The van der Waals surface area contributed by atoms with E-state index in [4.69, 9.17) is 28.1 Å². The van der Waals surface area contributed by atoms with Gasteiger partial charge in [-0.15, -0.1) is 0 Å². The molecule has 1 fully saturated rings. The molecular formula is C41H68O7Si. The summed E-state index contributed by atoms with van der Waals surface area (Å²) in [6.07, 6.45) is 13.5. The Morgan fingerprint density at radius 3 is 2.29 bits per heavy atom. The number of methoxy groups -OCH3 is 1. The van der Waals surface area contributed by atoms with Gasteiger partial charge in [0.05, 0.1) is 44.7 Å². The van der Waals surface area contributed by atoms with Crippen molar-refractivity contribution in [1.82, 2.24) is 0 Å². The molecule has 7 nitrogen and oxygen atoms in total. The minimum atomic E-state index is -2.16. The minimum absolute atomic E-state index is 0.0135. The van der Waals surface area contributed by atoms with Crippen LogP contribution >= 0.6 is 0 Å². The van der Waals surface area contributed by atoms with Crippen molar-refractivity contribution >= 4 is 8.32 Å². The van der Waals surface area contributed by atoms with E-state index in [1.807, 2.05) is 38.1 Å². The average molecular weight is 701 g/mol. The topological polar surface area (TPSA) is 75.6 Å². The first-order valence-corrected chi connectivity index (χ1v) is 20.8. The number of hydrogen-bond donors (Lipinski definition) is 1. The maximum absolute atomic E-state index is 9.37. The Balaban J connectivity index is 1.76. The van der Waals surface area contributed by atoms with Crippen LogP contribution in [0.25, 0.3) is 0 Å². The first-order chi connectivity index (χ1) is 23.2. The summed E-state index contributed by atoms with van der Waals surface area (Å²) in [7, 11) is -0.488. The maximum Gasteiger partial charge on any atom is 0.201 e. The summed E-state index contributed by atoms with van der Waals surface area (Å²) in [5.41, 5.74) is 3.73. The largest absolute Gasteiger partial charge is 0.497 e. The number of aliphatic hydroxyl groups is 1. The molecule has 8 heteroatoms. The maximum atomic E-state index is 9.37. The molecule has 1 aromatic carbocycles. The molecule has 2 heterocycles. The van der Waals surface area contributed by atoms with Crippen LogP contribution in [-0.4, -0.2) is 70.1 Å². The van der Waals surface area contributed by atoms with Gasteiger partial charge in [-0.25, -0.2) is 0 Å². The average Bonchev–Trinajstić information content (AvgIpc) is 3.40. The highest BCUT2D eigenvalue weighted by atomic mass is 28.4. The van der Waals surface area contributed by atoms with Gasteiger partial charge in [0.2, 0.25) is 8.32 Å². The third-order valence-electron chi connectivity index (χ3n) is 10.2. The fourth-order valence-corrected chi connectivity index (χ4v) is 13.4. The molecule has 0 radical (unpaired) electrons. The van der Waals surface area contributed by atoms with Gasteiger partial charge < -0.3 is 33.2 Å². The summed E-state index contributed by atoms with van der Waals surface area (Å²) >= 11 is 0. The summed E-state index contributed by atoms with van der Waals surface area (Å²) < 4.78 is 37.7. The molecule has 0 saturated carbocycles. The van der Waals surface area contributed by atoms with Crippen LogP contribution in [0.1, 0.15) is 106 Å². The van der Waals surface area contributed by atoms with Gasteiger partial charge >= 0.3 is 0 Å². The van der Waals surface area contributed by atoms with Gasteiger partial charge in [0.25, 0.3) is 0 Å². The zero-order valence-corrected chi connectivity index (χ0v) is 33.3. The van der Waals surface area contributed by atoms with E-state index in [-0.39, 0.29) is 37.1 Å². The van der Waals surface area contributed by atoms with Crippen molar-refractivity contribution in [1.29, 1.82) is 0 Å². The van der Waals surface area contributed by atoms with E-state index in [0.29, 0.717) is 48.6 Å². The fourth-order valence-electron chi connectivity index (χ4n) is 7.90. The first-order valence-electron chi connectivity index (χ1n) is 18.7. The number of benzene rings is 1. The van der Waals surface area contributed by atoms with Crippen LogP contribution in [-0.2, 0) is 30.0 Å². The Kier molecular flexibility index (Phi) is 16.8. The molecule has 1 N–H and O–H groups in total.